The number of rotatable bonds is 6. The van der Waals surface area contributed by atoms with Crippen LogP contribution >= 0.6 is 0 Å². The van der Waals surface area contributed by atoms with Crippen molar-refractivity contribution in [2.45, 2.75) is 0 Å². The Hall–Kier alpha value is -4.70. The van der Waals surface area contributed by atoms with E-state index in [9.17, 15) is 10.1 Å². The summed E-state index contributed by atoms with van der Waals surface area (Å²) in [6, 6.07) is 22.0. The summed E-state index contributed by atoms with van der Waals surface area (Å²) in [6.45, 7) is 0. The lowest BCUT2D eigenvalue weighted by atomic mass is 10.1. The topological polar surface area (TPSA) is 92.8 Å². The second kappa shape index (κ2) is 9.41. The number of aromatic nitrogens is 3. The molecule has 2 aromatic heterocycles. The second-order valence-corrected chi connectivity index (χ2v) is 6.91. The van der Waals surface area contributed by atoms with Crippen LogP contribution in [-0.4, -0.2) is 20.7 Å². The van der Waals surface area contributed by atoms with Gasteiger partial charge in [0.05, 0.1) is 5.69 Å². The van der Waals surface area contributed by atoms with Crippen LogP contribution in [0.25, 0.3) is 17.3 Å². The fraction of sp³-hybridized carbons (Fsp3) is 0.0400. The first-order valence-corrected chi connectivity index (χ1v) is 9.82. The van der Waals surface area contributed by atoms with Gasteiger partial charge in [-0.3, -0.25) is 14.5 Å². The van der Waals surface area contributed by atoms with Gasteiger partial charge in [0, 0.05) is 42.5 Å². The fourth-order valence-corrected chi connectivity index (χ4v) is 3.08. The van der Waals surface area contributed by atoms with Crippen LogP contribution in [0.1, 0.15) is 5.56 Å². The highest BCUT2D eigenvalue weighted by molar-refractivity contribution is 6.10. The summed E-state index contributed by atoms with van der Waals surface area (Å²) in [6.07, 6.45) is 6.63. The maximum absolute atomic E-state index is 12.7. The maximum atomic E-state index is 12.7. The van der Waals surface area contributed by atoms with E-state index in [-0.39, 0.29) is 5.57 Å². The Morgan fingerprint density at radius 2 is 1.72 bits per heavy atom. The molecule has 32 heavy (non-hydrogen) atoms. The number of ether oxygens (including phenoxy) is 1. The monoisotopic (exact) mass is 421 g/mol. The molecule has 0 aliphatic carbocycles. The number of nitriles is 1. The first kappa shape index (κ1) is 20.6. The average molecular weight is 421 g/mol. The van der Waals surface area contributed by atoms with Gasteiger partial charge in [-0.15, -0.1) is 0 Å². The number of benzene rings is 2. The van der Waals surface area contributed by atoms with Gasteiger partial charge >= 0.3 is 0 Å². The molecule has 1 amide bonds. The van der Waals surface area contributed by atoms with Crippen LogP contribution in [0.3, 0.4) is 0 Å². The largest absolute Gasteiger partial charge is 0.457 e. The van der Waals surface area contributed by atoms with E-state index >= 15 is 0 Å². The molecule has 0 saturated heterocycles. The van der Waals surface area contributed by atoms with Crippen LogP contribution in [0.2, 0.25) is 0 Å². The SMILES string of the molecule is Cn1cc(C=C(C#N)C(=O)Nc2ccc(Oc3ccccc3)cc2)c(-c2ccncc2)n1. The molecule has 0 aliphatic rings. The van der Waals surface area contributed by atoms with Gasteiger partial charge in [0.1, 0.15) is 23.1 Å². The van der Waals surface area contributed by atoms with Crippen LogP contribution in [-0.2, 0) is 11.8 Å². The zero-order valence-corrected chi connectivity index (χ0v) is 17.3. The van der Waals surface area contributed by atoms with E-state index in [1.165, 1.54) is 6.08 Å². The molecule has 0 bridgehead atoms. The number of nitrogens with zero attached hydrogens (tertiary/aromatic N) is 4. The molecule has 7 heteroatoms. The zero-order chi connectivity index (χ0) is 22.3. The minimum atomic E-state index is -0.506. The zero-order valence-electron chi connectivity index (χ0n) is 17.3. The van der Waals surface area contributed by atoms with Crippen molar-refractivity contribution in [3.63, 3.8) is 0 Å². The molecule has 4 aromatic rings. The summed E-state index contributed by atoms with van der Waals surface area (Å²) in [5.41, 5.74) is 2.70. The van der Waals surface area contributed by atoms with Crippen LogP contribution in [0.4, 0.5) is 5.69 Å². The number of aryl methyl sites for hydroxylation is 1. The van der Waals surface area contributed by atoms with Gasteiger partial charge in [-0.05, 0) is 54.6 Å². The Kier molecular flexibility index (Phi) is 6.05. The van der Waals surface area contributed by atoms with E-state index < -0.39 is 5.91 Å². The third kappa shape index (κ3) is 4.89. The molecule has 2 heterocycles. The average Bonchev–Trinajstić information content (AvgIpc) is 3.20. The molecule has 0 atom stereocenters. The van der Waals surface area contributed by atoms with Crippen molar-refractivity contribution < 1.29 is 9.53 Å². The standard InChI is InChI=1S/C25H19N5O2/c1-30-17-20(24(29-30)18-11-13-27-14-12-18)15-19(16-26)25(31)28-21-7-9-23(10-8-21)32-22-5-3-2-4-6-22/h2-15,17H,1H3,(H,28,31). The van der Waals surface area contributed by atoms with Gasteiger partial charge in [0.15, 0.2) is 0 Å². The second-order valence-electron chi connectivity index (χ2n) is 6.91. The van der Waals surface area contributed by atoms with Crippen LogP contribution in [0, 0.1) is 11.3 Å². The van der Waals surface area contributed by atoms with E-state index in [1.807, 2.05) is 48.5 Å². The summed E-state index contributed by atoms with van der Waals surface area (Å²) in [5, 5.41) is 16.8. The highest BCUT2D eigenvalue weighted by Gasteiger charge is 2.14. The van der Waals surface area contributed by atoms with Crippen molar-refractivity contribution in [1.82, 2.24) is 14.8 Å². The van der Waals surface area contributed by atoms with E-state index in [0.29, 0.717) is 22.7 Å². The predicted octanol–water partition coefficient (Wildman–Crippen LogP) is 4.82. The molecule has 0 radical (unpaired) electrons. The van der Waals surface area contributed by atoms with Crippen molar-refractivity contribution in [3.05, 3.63) is 96.5 Å². The minimum Gasteiger partial charge on any atom is -0.457 e. The summed E-state index contributed by atoms with van der Waals surface area (Å²) < 4.78 is 7.39. The van der Waals surface area contributed by atoms with Crippen LogP contribution in [0.15, 0.2) is 90.9 Å². The fourth-order valence-electron chi connectivity index (χ4n) is 3.08. The van der Waals surface area contributed by atoms with Gasteiger partial charge in [0.25, 0.3) is 5.91 Å². The number of hydrogen-bond donors (Lipinski definition) is 1. The van der Waals surface area contributed by atoms with Gasteiger partial charge in [-0.1, -0.05) is 18.2 Å². The number of nitrogens with one attached hydrogen (secondary N) is 1. The van der Waals surface area contributed by atoms with Crippen molar-refractivity contribution in [2.75, 3.05) is 5.32 Å². The molecule has 4 rings (SSSR count). The molecule has 2 aromatic carbocycles. The molecule has 0 aliphatic heterocycles. The Morgan fingerprint density at radius 3 is 2.41 bits per heavy atom. The molecule has 1 N–H and O–H groups in total. The van der Waals surface area contributed by atoms with Gasteiger partial charge in [-0.2, -0.15) is 10.4 Å². The lowest BCUT2D eigenvalue weighted by molar-refractivity contribution is -0.112. The van der Waals surface area contributed by atoms with Crippen LogP contribution < -0.4 is 10.1 Å². The summed E-state index contributed by atoms with van der Waals surface area (Å²) in [7, 11) is 1.78. The smallest absolute Gasteiger partial charge is 0.266 e. The first-order valence-electron chi connectivity index (χ1n) is 9.82. The van der Waals surface area contributed by atoms with Crippen LogP contribution in [0.5, 0.6) is 11.5 Å². The van der Waals surface area contributed by atoms with Crippen molar-refractivity contribution >= 4 is 17.7 Å². The van der Waals surface area contributed by atoms with Crippen molar-refractivity contribution in [2.24, 2.45) is 7.05 Å². The molecule has 156 valence electrons. The summed E-state index contributed by atoms with van der Waals surface area (Å²) >= 11 is 0. The number of anilines is 1. The van der Waals surface area contributed by atoms with Crippen molar-refractivity contribution in [3.8, 4) is 28.8 Å². The highest BCUT2D eigenvalue weighted by Crippen LogP contribution is 2.25. The number of hydrogen-bond acceptors (Lipinski definition) is 5. The third-order valence-corrected chi connectivity index (χ3v) is 4.57. The molecule has 7 nitrogen and oxygen atoms in total. The number of pyridine rings is 1. The first-order chi connectivity index (χ1) is 15.6. The maximum Gasteiger partial charge on any atom is 0.266 e. The van der Waals surface area contributed by atoms with Crippen molar-refractivity contribution in [1.29, 1.82) is 5.26 Å². The quantitative estimate of drug-likeness (QED) is 0.356. The third-order valence-electron chi connectivity index (χ3n) is 4.57. The predicted molar refractivity (Wildman–Crippen MR) is 122 cm³/mol. The molecule has 0 saturated carbocycles. The molecule has 0 spiro atoms. The minimum absolute atomic E-state index is 0.0297. The number of amides is 1. The molecular weight excluding hydrogens is 402 g/mol. The Balaban J connectivity index is 1.50. The van der Waals surface area contributed by atoms with Gasteiger partial charge < -0.3 is 10.1 Å². The molecule has 0 fully saturated rings. The number of para-hydroxylation sites is 1. The Labute approximate surface area is 185 Å². The van der Waals surface area contributed by atoms with E-state index in [4.69, 9.17) is 4.74 Å². The number of carbonyl (C=O) groups excluding carboxylic acids is 1. The van der Waals surface area contributed by atoms with E-state index in [0.717, 1.165) is 11.3 Å². The Bertz CT molecular complexity index is 1290. The number of carbonyl (C=O) groups is 1. The summed E-state index contributed by atoms with van der Waals surface area (Å²) in [4.78, 5) is 16.7. The Morgan fingerprint density at radius 1 is 1.03 bits per heavy atom. The van der Waals surface area contributed by atoms with Gasteiger partial charge in [0.2, 0.25) is 0 Å². The lowest BCUT2D eigenvalue weighted by Crippen LogP contribution is -2.13. The molecular formula is C25H19N5O2. The highest BCUT2D eigenvalue weighted by atomic mass is 16.5. The van der Waals surface area contributed by atoms with E-state index in [1.54, 1.807) is 54.6 Å². The normalized spacial score (nSPS) is 10.9. The lowest BCUT2D eigenvalue weighted by Gasteiger charge is -2.08. The molecule has 0 unspecified atom stereocenters. The van der Waals surface area contributed by atoms with E-state index in [2.05, 4.69) is 15.4 Å². The summed E-state index contributed by atoms with van der Waals surface area (Å²) in [5.74, 6) is 0.858. The van der Waals surface area contributed by atoms with Gasteiger partial charge in [-0.25, -0.2) is 0 Å².